The van der Waals surface area contributed by atoms with E-state index in [1.165, 1.54) is 6.20 Å². The fourth-order valence-corrected chi connectivity index (χ4v) is 1.71. The highest BCUT2D eigenvalue weighted by atomic mass is 16.5. The van der Waals surface area contributed by atoms with Crippen molar-refractivity contribution in [2.75, 3.05) is 26.2 Å². The molecule has 1 aromatic rings. The zero-order valence-corrected chi connectivity index (χ0v) is 9.80. The maximum absolute atomic E-state index is 12.1. The molecule has 1 amide bonds. The SMILES string of the molecule is Cc1cnc(C(=O)N2CCOC(CN)C2)cn1. The van der Waals surface area contributed by atoms with E-state index in [0.29, 0.717) is 31.9 Å². The second-order valence-corrected chi connectivity index (χ2v) is 4.02. The third-order valence-corrected chi connectivity index (χ3v) is 2.69. The molecule has 2 N–H and O–H groups in total. The van der Waals surface area contributed by atoms with E-state index in [2.05, 4.69) is 9.97 Å². The van der Waals surface area contributed by atoms with E-state index in [4.69, 9.17) is 10.5 Å². The molecular weight excluding hydrogens is 220 g/mol. The van der Waals surface area contributed by atoms with Crippen LogP contribution in [0.4, 0.5) is 0 Å². The van der Waals surface area contributed by atoms with Crippen LogP contribution in [0.2, 0.25) is 0 Å². The molecule has 1 aromatic heterocycles. The average molecular weight is 236 g/mol. The van der Waals surface area contributed by atoms with Crippen molar-refractivity contribution in [1.82, 2.24) is 14.9 Å². The number of hydrogen-bond acceptors (Lipinski definition) is 5. The van der Waals surface area contributed by atoms with E-state index in [-0.39, 0.29) is 12.0 Å². The Hall–Kier alpha value is -1.53. The number of carbonyl (C=O) groups is 1. The van der Waals surface area contributed by atoms with Crippen LogP contribution in [-0.2, 0) is 4.74 Å². The standard InChI is InChI=1S/C11H16N4O2/c1-8-5-14-10(6-13-8)11(16)15-2-3-17-9(4-12)7-15/h5-6,9H,2-4,7,12H2,1H3. The van der Waals surface area contributed by atoms with Crippen molar-refractivity contribution in [3.05, 3.63) is 23.8 Å². The lowest BCUT2D eigenvalue weighted by molar-refractivity contribution is -0.0169. The van der Waals surface area contributed by atoms with E-state index in [1.807, 2.05) is 6.92 Å². The summed E-state index contributed by atoms with van der Waals surface area (Å²) in [6, 6.07) is 0. The molecule has 6 nitrogen and oxygen atoms in total. The lowest BCUT2D eigenvalue weighted by Gasteiger charge is -2.32. The molecule has 1 aliphatic rings. The lowest BCUT2D eigenvalue weighted by atomic mass is 10.2. The fourth-order valence-electron chi connectivity index (χ4n) is 1.71. The third-order valence-electron chi connectivity index (χ3n) is 2.69. The summed E-state index contributed by atoms with van der Waals surface area (Å²) in [6.45, 7) is 3.87. The first-order valence-electron chi connectivity index (χ1n) is 5.60. The summed E-state index contributed by atoms with van der Waals surface area (Å²) in [5, 5.41) is 0. The smallest absolute Gasteiger partial charge is 0.274 e. The van der Waals surface area contributed by atoms with Gasteiger partial charge in [-0.2, -0.15) is 0 Å². The number of aryl methyl sites for hydroxylation is 1. The van der Waals surface area contributed by atoms with Crippen LogP contribution >= 0.6 is 0 Å². The Labute approximate surface area is 99.8 Å². The Morgan fingerprint density at radius 1 is 1.59 bits per heavy atom. The van der Waals surface area contributed by atoms with Gasteiger partial charge in [0.1, 0.15) is 5.69 Å². The normalized spacial score (nSPS) is 20.4. The zero-order valence-electron chi connectivity index (χ0n) is 9.80. The first-order valence-corrected chi connectivity index (χ1v) is 5.60. The third kappa shape index (κ3) is 2.78. The van der Waals surface area contributed by atoms with Crippen LogP contribution in [0.15, 0.2) is 12.4 Å². The van der Waals surface area contributed by atoms with Gasteiger partial charge >= 0.3 is 0 Å². The molecule has 1 aliphatic heterocycles. The molecule has 0 radical (unpaired) electrons. The predicted octanol–water partition coefficient (Wildman–Crippen LogP) is -0.415. The number of amides is 1. The van der Waals surface area contributed by atoms with Crippen LogP contribution in [0.25, 0.3) is 0 Å². The van der Waals surface area contributed by atoms with Gasteiger partial charge in [0.25, 0.3) is 5.91 Å². The lowest BCUT2D eigenvalue weighted by Crippen LogP contribution is -2.48. The van der Waals surface area contributed by atoms with Crippen molar-refractivity contribution in [1.29, 1.82) is 0 Å². The van der Waals surface area contributed by atoms with Gasteiger partial charge in [-0.05, 0) is 6.92 Å². The molecule has 0 aromatic carbocycles. The van der Waals surface area contributed by atoms with Gasteiger partial charge in [-0.15, -0.1) is 0 Å². The van der Waals surface area contributed by atoms with Crippen molar-refractivity contribution in [3.8, 4) is 0 Å². The molecule has 0 saturated carbocycles. The topological polar surface area (TPSA) is 81.3 Å². The van der Waals surface area contributed by atoms with Crippen LogP contribution in [0.3, 0.4) is 0 Å². The molecule has 1 unspecified atom stereocenters. The molecule has 1 atom stereocenters. The van der Waals surface area contributed by atoms with Gasteiger partial charge in [0, 0.05) is 25.8 Å². The Balaban J connectivity index is 2.06. The summed E-state index contributed by atoms with van der Waals surface area (Å²) >= 11 is 0. The monoisotopic (exact) mass is 236 g/mol. The van der Waals surface area contributed by atoms with E-state index < -0.39 is 0 Å². The Bertz CT molecular complexity index is 393. The van der Waals surface area contributed by atoms with Crippen molar-refractivity contribution in [2.45, 2.75) is 13.0 Å². The Morgan fingerprint density at radius 3 is 3.06 bits per heavy atom. The second-order valence-electron chi connectivity index (χ2n) is 4.02. The molecule has 17 heavy (non-hydrogen) atoms. The highest BCUT2D eigenvalue weighted by molar-refractivity contribution is 5.92. The van der Waals surface area contributed by atoms with Crippen LogP contribution in [0, 0.1) is 6.92 Å². The first kappa shape index (κ1) is 11.9. The van der Waals surface area contributed by atoms with Crippen molar-refractivity contribution in [2.24, 2.45) is 5.73 Å². The van der Waals surface area contributed by atoms with Crippen molar-refractivity contribution >= 4 is 5.91 Å². The molecule has 0 bridgehead atoms. The van der Waals surface area contributed by atoms with Crippen LogP contribution in [0.1, 0.15) is 16.2 Å². The minimum atomic E-state index is -0.112. The van der Waals surface area contributed by atoms with E-state index in [1.54, 1.807) is 11.1 Å². The molecular formula is C11H16N4O2. The number of nitrogens with two attached hydrogens (primary N) is 1. The largest absolute Gasteiger partial charge is 0.373 e. The van der Waals surface area contributed by atoms with Gasteiger partial charge in [0.15, 0.2) is 0 Å². The fraction of sp³-hybridized carbons (Fsp3) is 0.545. The molecule has 2 rings (SSSR count). The number of ether oxygens (including phenoxy) is 1. The van der Waals surface area contributed by atoms with Crippen LogP contribution < -0.4 is 5.73 Å². The highest BCUT2D eigenvalue weighted by Gasteiger charge is 2.24. The zero-order chi connectivity index (χ0) is 12.3. The predicted molar refractivity (Wildman–Crippen MR) is 61.5 cm³/mol. The molecule has 0 spiro atoms. The van der Waals surface area contributed by atoms with Gasteiger partial charge < -0.3 is 15.4 Å². The summed E-state index contributed by atoms with van der Waals surface area (Å²) in [5.41, 5.74) is 6.70. The number of rotatable bonds is 2. The molecule has 0 aliphatic carbocycles. The summed E-state index contributed by atoms with van der Waals surface area (Å²) in [7, 11) is 0. The maximum Gasteiger partial charge on any atom is 0.274 e. The van der Waals surface area contributed by atoms with Gasteiger partial charge in [-0.1, -0.05) is 0 Å². The van der Waals surface area contributed by atoms with Crippen molar-refractivity contribution < 1.29 is 9.53 Å². The van der Waals surface area contributed by atoms with Gasteiger partial charge in [-0.25, -0.2) is 4.98 Å². The second kappa shape index (κ2) is 5.20. The van der Waals surface area contributed by atoms with Gasteiger partial charge in [0.05, 0.1) is 24.6 Å². The minimum Gasteiger partial charge on any atom is -0.373 e. The summed E-state index contributed by atoms with van der Waals surface area (Å²) in [4.78, 5) is 22.0. The number of aromatic nitrogens is 2. The van der Waals surface area contributed by atoms with Crippen LogP contribution in [0.5, 0.6) is 0 Å². The number of morpholine rings is 1. The molecule has 6 heteroatoms. The highest BCUT2D eigenvalue weighted by Crippen LogP contribution is 2.08. The summed E-state index contributed by atoms with van der Waals surface area (Å²) in [6.07, 6.45) is 3.02. The van der Waals surface area contributed by atoms with E-state index in [0.717, 1.165) is 5.69 Å². The summed E-state index contributed by atoms with van der Waals surface area (Å²) < 4.78 is 5.41. The molecule has 1 saturated heterocycles. The number of nitrogens with zero attached hydrogens (tertiary/aromatic N) is 3. The summed E-state index contributed by atoms with van der Waals surface area (Å²) in [5.74, 6) is -0.112. The van der Waals surface area contributed by atoms with E-state index >= 15 is 0 Å². The number of carbonyl (C=O) groups excluding carboxylic acids is 1. The molecule has 92 valence electrons. The Kier molecular flexibility index (Phi) is 3.65. The minimum absolute atomic E-state index is 0.0777. The molecule has 1 fully saturated rings. The quantitative estimate of drug-likeness (QED) is 0.754. The van der Waals surface area contributed by atoms with E-state index in [9.17, 15) is 4.79 Å². The van der Waals surface area contributed by atoms with Crippen LogP contribution in [-0.4, -0.2) is 53.1 Å². The molecule has 2 heterocycles. The number of hydrogen-bond donors (Lipinski definition) is 1. The first-order chi connectivity index (χ1) is 8.20. The van der Waals surface area contributed by atoms with Gasteiger partial charge in [-0.3, -0.25) is 9.78 Å². The van der Waals surface area contributed by atoms with Crippen molar-refractivity contribution in [3.63, 3.8) is 0 Å². The average Bonchev–Trinajstić information content (AvgIpc) is 2.39. The Morgan fingerprint density at radius 2 is 2.41 bits per heavy atom. The maximum atomic E-state index is 12.1. The van der Waals surface area contributed by atoms with Gasteiger partial charge in [0.2, 0.25) is 0 Å².